The number of phosphoric ester groups is 1. The maximum absolute atomic E-state index is 10.8. The Morgan fingerprint density at radius 1 is 1.33 bits per heavy atom. The third-order valence-electron chi connectivity index (χ3n) is 3.34. The molecular weight excluding hydrogens is 365 g/mol. The van der Waals surface area contributed by atoms with Gasteiger partial charge in [-0.2, -0.15) is 0 Å². The first kappa shape index (κ1) is 17.1. The Morgan fingerprint density at radius 2 is 2.04 bits per heavy atom. The predicted molar refractivity (Wildman–Crippen MR) is 81.4 cm³/mol. The van der Waals surface area contributed by atoms with Gasteiger partial charge >= 0.3 is 7.82 Å². The maximum atomic E-state index is 10.8. The van der Waals surface area contributed by atoms with Crippen LogP contribution in [0.4, 0.5) is 5.82 Å². The number of rotatable bonds is 3. The average Bonchev–Trinajstić information content (AvgIpc) is 3.01. The van der Waals surface area contributed by atoms with Crippen LogP contribution in [-0.2, 0) is 13.8 Å². The molecule has 14 heteroatoms. The molecule has 1 aliphatic heterocycles. The predicted octanol–water partition coefficient (Wildman–Crippen LogP) is -1.54. The van der Waals surface area contributed by atoms with E-state index in [0.29, 0.717) is 0 Å². The molecule has 0 spiro atoms. The Morgan fingerprint density at radius 3 is 2.71 bits per heavy atom. The van der Waals surface area contributed by atoms with E-state index in [9.17, 15) is 14.8 Å². The van der Waals surface area contributed by atoms with Crippen molar-refractivity contribution in [3.05, 3.63) is 12.7 Å². The van der Waals surface area contributed by atoms with Gasteiger partial charge in [-0.15, -0.1) is 0 Å². The Balaban J connectivity index is 1.91. The van der Waals surface area contributed by atoms with Crippen molar-refractivity contribution in [2.75, 3.05) is 5.73 Å². The molecule has 2 aromatic heterocycles. The minimum absolute atomic E-state index is 0.115. The van der Waals surface area contributed by atoms with Gasteiger partial charge in [0, 0.05) is 0 Å². The molecule has 0 radical (unpaired) electrons. The molecule has 1 saturated heterocycles. The van der Waals surface area contributed by atoms with Crippen LogP contribution in [0.5, 0.6) is 0 Å². The van der Waals surface area contributed by atoms with Gasteiger partial charge in [0.1, 0.15) is 24.1 Å². The monoisotopic (exact) mass is 377 g/mol. The van der Waals surface area contributed by atoms with Crippen LogP contribution in [0.1, 0.15) is 6.23 Å². The van der Waals surface area contributed by atoms with E-state index < -0.39 is 37.4 Å². The molecule has 3 rings (SSSR count). The van der Waals surface area contributed by atoms with Crippen LogP contribution in [0.2, 0.25) is 0 Å². The van der Waals surface area contributed by atoms with Crippen molar-refractivity contribution in [3.63, 3.8) is 0 Å². The standard InChI is InChI=1S/C10H12N5O7PS/c11-7-3-8(13-1-12-7)15(2-14-3)9-5(17)4(16)6(21-9)10(24)22-23(18,19)20/h1-2,4-6,9,16-17H,(H2,11,12,13)(H2,18,19,20)/t4-,5+,6-,9+/m0/s1. The molecular formula is C10H12N5O7PS. The molecule has 12 nitrogen and oxygen atoms in total. The fraction of sp³-hybridized carbons (Fsp3) is 0.400. The lowest BCUT2D eigenvalue weighted by molar-refractivity contribution is -0.0231. The number of nitrogens with zero attached hydrogens (tertiary/aromatic N) is 4. The highest BCUT2D eigenvalue weighted by molar-refractivity contribution is 7.80. The molecule has 0 aliphatic carbocycles. The van der Waals surface area contributed by atoms with Crippen LogP contribution in [0.25, 0.3) is 11.2 Å². The number of aromatic nitrogens is 4. The molecule has 4 atom stereocenters. The summed E-state index contributed by atoms with van der Waals surface area (Å²) in [5.41, 5.74) is 6.17. The summed E-state index contributed by atoms with van der Waals surface area (Å²) in [4.78, 5) is 29.3. The molecule has 0 saturated carbocycles. The van der Waals surface area contributed by atoms with Crippen LogP contribution in [0, 0.1) is 0 Å². The number of nitrogen functional groups attached to an aromatic ring is 1. The largest absolute Gasteiger partial charge is 0.525 e. The van der Waals surface area contributed by atoms with Gasteiger partial charge in [0.25, 0.3) is 0 Å². The number of hydrogen-bond acceptors (Lipinski definition) is 10. The summed E-state index contributed by atoms with van der Waals surface area (Å²) in [6.45, 7) is 0. The molecule has 0 bridgehead atoms. The van der Waals surface area contributed by atoms with Gasteiger partial charge in [-0.05, 0) is 12.2 Å². The van der Waals surface area contributed by atoms with Gasteiger partial charge in [0.05, 0.1) is 6.33 Å². The zero-order valence-electron chi connectivity index (χ0n) is 11.7. The van der Waals surface area contributed by atoms with Crippen molar-refractivity contribution in [1.82, 2.24) is 19.5 Å². The minimum Gasteiger partial charge on any atom is -0.394 e. The van der Waals surface area contributed by atoms with Crippen LogP contribution >= 0.6 is 20.0 Å². The first-order valence-electron chi connectivity index (χ1n) is 6.42. The van der Waals surface area contributed by atoms with Crippen molar-refractivity contribution in [2.45, 2.75) is 24.5 Å². The van der Waals surface area contributed by atoms with Crippen LogP contribution in [-0.4, -0.2) is 62.9 Å². The van der Waals surface area contributed by atoms with E-state index in [4.69, 9.17) is 32.5 Å². The summed E-state index contributed by atoms with van der Waals surface area (Å²) in [7, 11) is -4.92. The molecule has 24 heavy (non-hydrogen) atoms. The van der Waals surface area contributed by atoms with Gasteiger partial charge in [-0.1, -0.05) is 0 Å². The molecule has 0 amide bonds. The summed E-state index contributed by atoms with van der Waals surface area (Å²) in [5, 5.41) is 19.5. The third-order valence-corrected chi connectivity index (χ3v) is 4.21. The van der Waals surface area contributed by atoms with Gasteiger partial charge < -0.3 is 25.2 Å². The quantitative estimate of drug-likeness (QED) is 0.307. The summed E-state index contributed by atoms with van der Waals surface area (Å²) in [6, 6.07) is 0. The second kappa shape index (κ2) is 5.97. The van der Waals surface area contributed by atoms with Gasteiger partial charge in [-0.3, -0.25) is 14.4 Å². The minimum atomic E-state index is -4.92. The van der Waals surface area contributed by atoms with E-state index >= 15 is 0 Å². The number of phosphoric acid groups is 1. The number of thiocarbonyl (C=S) groups is 1. The van der Waals surface area contributed by atoms with Crippen LogP contribution < -0.4 is 5.73 Å². The van der Waals surface area contributed by atoms with E-state index in [-0.39, 0.29) is 17.0 Å². The molecule has 0 aromatic carbocycles. The second-order valence-corrected chi connectivity index (χ2v) is 6.48. The molecule has 3 heterocycles. The van der Waals surface area contributed by atoms with Crippen molar-refractivity contribution in [3.8, 4) is 0 Å². The Bertz CT molecular complexity index is 840. The van der Waals surface area contributed by atoms with Crippen molar-refractivity contribution in [1.29, 1.82) is 0 Å². The van der Waals surface area contributed by atoms with Crippen LogP contribution in [0.15, 0.2) is 12.7 Å². The number of fused-ring (bicyclic) bond motifs is 1. The number of ether oxygens (including phenoxy) is 1. The highest BCUT2D eigenvalue weighted by atomic mass is 32.1. The molecule has 0 unspecified atom stereocenters. The number of aliphatic hydroxyl groups excluding tert-OH is 2. The highest BCUT2D eigenvalue weighted by Gasteiger charge is 2.48. The van der Waals surface area contributed by atoms with E-state index in [2.05, 4.69) is 19.5 Å². The van der Waals surface area contributed by atoms with E-state index in [0.717, 1.165) is 0 Å². The Hall–Kier alpha value is -1.73. The fourth-order valence-corrected chi connectivity index (χ4v) is 3.13. The molecule has 6 N–H and O–H groups in total. The number of imidazole rings is 1. The Labute approximate surface area is 139 Å². The molecule has 1 aliphatic rings. The zero-order chi connectivity index (χ0) is 17.6. The first-order valence-corrected chi connectivity index (χ1v) is 8.36. The lowest BCUT2D eigenvalue weighted by atomic mass is 10.1. The zero-order valence-corrected chi connectivity index (χ0v) is 13.4. The highest BCUT2D eigenvalue weighted by Crippen LogP contribution is 2.40. The maximum Gasteiger partial charge on any atom is 0.525 e. The van der Waals surface area contributed by atoms with Gasteiger partial charge in [-0.25, -0.2) is 19.5 Å². The molecule has 1 fully saturated rings. The normalized spacial score (nSPS) is 27.5. The number of anilines is 1. The summed E-state index contributed by atoms with van der Waals surface area (Å²) >= 11 is 4.71. The number of hydrogen-bond donors (Lipinski definition) is 5. The second-order valence-electron chi connectivity index (χ2n) is 4.91. The smallest absolute Gasteiger partial charge is 0.394 e. The van der Waals surface area contributed by atoms with Crippen molar-refractivity contribution >= 4 is 42.1 Å². The van der Waals surface area contributed by atoms with Crippen molar-refractivity contribution in [2.24, 2.45) is 0 Å². The third kappa shape index (κ3) is 2.98. The lowest BCUT2D eigenvalue weighted by Gasteiger charge is -2.16. The first-order chi connectivity index (χ1) is 11.2. The summed E-state index contributed by atoms with van der Waals surface area (Å²) < 4.78 is 21.8. The van der Waals surface area contributed by atoms with Gasteiger partial charge in [0.2, 0.25) is 5.05 Å². The topological polar surface area (TPSA) is 186 Å². The van der Waals surface area contributed by atoms with E-state index in [1.165, 1.54) is 17.2 Å². The van der Waals surface area contributed by atoms with E-state index in [1.54, 1.807) is 0 Å². The number of aliphatic hydroxyl groups is 2. The summed E-state index contributed by atoms with van der Waals surface area (Å²) in [6.07, 6.45) is -3.22. The molecule has 2 aromatic rings. The average molecular weight is 377 g/mol. The van der Waals surface area contributed by atoms with Gasteiger partial charge in [0.15, 0.2) is 23.8 Å². The Kier molecular flexibility index (Phi) is 4.25. The van der Waals surface area contributed by atoms with Crippen molar-refractivity contribution < 1.29 is 33.8 Å². The fourth-order valence-electron chi connectivity index (χ4n) is 2.31. The van der Waals surface area contributed by atoms with E-state index in [1.807, 2.05) is 0 Å². The van der Waals surface area contributed by atoms with Crippen LogP contribution in [0.3, 0.4) is 0 Å². The number of nitrogens with two attached hydrogens (primary N) is 1. The SMILES string of the molecule is Nc1ncnc2c1ncn2[C@@H]1O[C@H](C(=S)OP(=O)(O)O)[C@@H](O)[C@H]1O. The molecule has 130 valence electrons. The summed E-state index contributed by atoms with van der Waals surface area (Å²) in [5.74, 6) is 0.115. The lowest BCUT2D eigenvalue weighted by Crippen LogP contribution is -2.36.